The highest BCUT2D eigenvalue weighted by molar-refractivity contribution is 5.85. The predicted octanol–water partition coefficient (Wildman–Crippen LogP) is 1.14. The highest BCUT2D eigenvalue weighted by atomic mass is 35.5. The molecule has 2 rings (SSSR count). The molecule has 1 saturated heterocycles. The van der Waals surface area contributed by atoms with Crippen molar-refractivity contribution in [2.75, 3.05) is 7.11 Å². The quantitative estimate of drug-likeness (QED) is 0.764. The van der Waals surface area contributed by atoms with E-state index in [-0.39, 0.29) is 29.8 Å². The summed E-state index contributed by atoms with van der Waals surface area (Å²) in [4.78, 5) is 23.3. The number of methoxy groups -OCH3 is 1. The molecule has 1 amide bonds. The highest BCUT2D eigenvalue weighted by Crippen LogP contribution is 2.39. The van der Waals surface area contributed by atoms with Crippen molar-refractivity contribution in [2.24, 2.45) is 11.7 Å². The minimum absolute atomic E-state index is 0. The second-order valence-electron chi connectivity index (χ2n) is 5.60. The number of ether oxygens (including phenoxy) is 1. The van der Waals surface area contributed by atoms with Crippen molar-refractivity contribution in [1.82, 2.24) is 5.32 Å². The number of carbonyl (C=O) groups excluding carboxylic acids is 2. The number of amides is 1. The zero-order chi connectivity index (χ0) is 13.2. The normalized spacial score (nSPS) is 26.4. The lowest BCUT2D eigenvalue weighted by molar-refractivity contribution is -0.142. The van der Waals surface area contributed by atoms with Crippen LogP contribution in [0, 0.1) is 5.92 Å². The van der Waals surface area contributed by atoms with Gasteiger partial charge in [0, 0.05) is 11.5 Å². The molecule has 2 atom stereocenters. The lowest BCUT2D eigenvalue weighted by atomic mass is 9.78. The van der Waals surface area contributed by atoms with Gasteiger partial charge in [-0.15, -0.1) is 12.4 Å². The smallest absolute Gasteiger partial charge is 0.322 e. The Morgan fingerprint density at radius 2 is 2.11 bits per heavy atom. The van der Waals surface area contributed by atoms with Crippen LogP contribution in [0.3, 0.4) is 0 Å². The van der Waals surface area contributed by atoms with Crippen LogP contribution in [0.15, 0.2) is 0 Å². The van der Waals surface area contributed by atoms with Crippen LogP contribution in [0.4, 0.5) is 0 Å². The average molecular weight is 291 g/mol. The molecule has 2 fully saturated rings. The third-order valence-electron chi connectivity index (χ3n) is 4.25. The monoisotopic (exact) mass is 290 g/mol. The Morgan fingerprint density at radius 3 is 2.68 bits per heavy atom. The van der Waals surface area contributed by atoms with Gasteiger partial charge in [0.1, 0.15) is 6.04 Å². The lowest BCUT2D eigenvalue weighted by Gasteiger charge is -2.33. The fraction of sp³-hybridized carbons (Fsp3) is 0.846. The van der Waals surface area contributed by atoms with Crippen molar-refractivity contribution in [1.29, 1.82) is 0 Å². The fourth-order valence-electron chi connectivity index (χ4n) is 3.28. The van der Waals surface area contributed by atoms with E-state index in [0.717, 1.165) is 19.3 Å². The molecule has 1 spiro atoms. The van der Waals surface area contributed by atoms with Gasteiger partial charge in [-0.05, 0) is 25.7 Å². The SMILES string of the molecule is COC(=O)C(N)CC1CC2(CCCCC2)NC1=O.Cl. The number of hydrogen-bond donors (Lipinski definition) is 2. The van der Waals surface area contributed by atoms with Gasteiger partial charge in [-0.1, -0.05) is 19.3 Å². The van der Waals surface area contributed by atoms with Gasteiger partial charge in [-0.2, -0.15) is 0 Å². The maximum atomic E-state index is 12.0. The molecule has 0 aromatic rings. The van der Waals surface area contributed by atoms with Crippen molar-refractivity contribution >= 4 is 24.3 Å². The molecule has 0 aromatic heterocycles. The Bertz CT molecular complexity index is 343. The van der Waals surface area contributed by atoms with E-state index >= 15 is 0 Å². The molecule has 2 aliphatic rings. The first kappa shape index (κ1) is 16.2. The number of rotatable bonds is 3. The van der Waals surface area contributed by atoms with Gasteiger partial charge in [-0.3, -0.25) is 9.59 Å². The van der Waals surface area contributed by atoms with Crippen LogP contribution in [0.5, 0.6) is 0 Å². The molecule has 110 valence electrons. The molecule has 2 unspecified atom stereocenters. The van der Waals surface area contributed by atoms with Crippen molar-refractivity contribution in [2.45, 2.75) is 56.5 Å². The van der Waals surface area contributed by atoms with Crippen molar-refractivity contribution in [3.8, 4) is 0 Å². The van der Waals surface area contributed by atoms with E-state index in [4.69, 9.17) is 5.73 Å². The maximum Gasteiger partial charge on any atom is 0.322 e. The molecule has 5 nitrogen and oxygen atoms in total. The molecule has 0 radical (unpaired) electrons. The highest BCUT2D eigenvalue weighted by Gasteiger charge is 2.45. The molecule has 0 bridgehead atoms. The van der Waals surface area contributed by atoms with E-state index < -0.39 is 12.0 Å². The summed E-state index contributed by atoms with van der Waals surface area (Å²) in [6.45, 7) is 0. The van der Waals surface area contributed by atoms with Crippen LogP contribution in [0.2, 0.25) is 0 Å². The van der Waals surface area contributed by atoms with Crippen LogP contribution >= 0.6 is 12.4 Å². The lowest BCUT2D eigenvalue weighted by Crippen LogP contribution is -2.42. The summed E-state index contributed by atoms with van der Waals surface area (Å²) in [7, 11) is 1.32. The minimum atomic E-state index is -0.690. The van der Waals surface area contributed by atoms with Crippen LogP contribution in [0.25, 0.3) is 0 Å². The fourth-order valence-corrected chi connectivity index (χ4v) is 3.28. The van der Waals surface area contributed by atoms with E-state index in [0.29, 0.717) is 6.42 Å². The topological polar surface area (TPSA) is 81.4 Å². The van der Waals surface area contributed by atoms with E-state index in [9.17, 15) is 9.59 Å². The minimum Gasteiger partial charge on any atom is -0.468 e. The molecule has 1 saturated carbocycles. The van der Waals surface area contributed by atoms with Crippen LogP contribution in [-0.2, 0) is 14.3 Å². The molecule has 19 heavy (non-hydrogen) atoms. The largest absolute Gasteiger partial charge is 0.468 e. The van der Waals surface area contributed by atoms with E-state index in [2.05, 4.69) is 10.1 Å². The molecule has 0 aromatic carbocycles. The van der Waals surface area contributed by atoms with Crippen LogP contribution < -0.4 is 11.1 Å². The first-order chi connectivity index (χ1) is 8.56. The predicted molar refractivity (Wildman–Crippen MR) is 73.9 cm³/mol. The summed E-state index contributed by atoms with van der Waals surface area (Å²) in [6, 6.07) is -0.690. The molecule has 1 heterocycles. The molecule has 1 aliphatic carbocycles. The Kier molecular flexibility index (Phi) is 5.62. The van der Waals surface area contributed by atoms with Gasteiger partial charge in [0.15, 0.2) is 0 Å². The van der Waals surface area contributed by atoms with Gasteiger partial charge < -0.3 is 15.8 Å². The molecule has 6 heteroatoms. The Hall–Kier alpha value is -0.810. The van der Waals surface area contributed by atoms with Gasteiger partial charge in [0.05, 0.1) is 7.11 Å². The Balaban J connectivity index is 0.00000180. The van der Waals surface area contributed by atoms with E-state index in [1.165, 1.54) is 26.4 Å². The molecule has 1 aliphatic heterocycles. The number of nitrogens with one attached hydrogen (secondary N) is 1. The number of nitrogens with two attached hydrogens (primary N) is 1. The first-order valence-electron chi connectivity index (χ1n) is 6.72. The Labute approximate surface area is 120 Å². The summed E-state index contributed by atoms with van der Waals surface area (Å²) < 4.78 is 4.60. The zero-order valence-corrected chi connectivity index (χ0v) is 12.1. The van der Waals surface area contributed by atoms with E-state index in [1.54, 1.807) is 0 Å². The Morgan fingerprint density at radius 1 is 1.47 bits per heavy atom. The van der Waals surface area contributed by atoms with Crippen LogP contribution in [-0.4, -0.2) is 30.6 Å². The van der Waals surface area contributed by atoms with E-state index in [1.807, 2.05) is 0 Å². The first-order valence-corrected chi connectivity index (χ1v) is 6.72. The third kappa shape index (κ3) is 3.60. The van der Waals surface area contributed by atoms with Crippen molar-refractivity contribution in [3.63, 3.8) is 0 Å². The van der Waals surface area contributed by atoms with Gasteiger partial charge >= 0.3 is 5.97 Å². The number of carbonyl (C=O) groups is 2. The maximum absolute atomic E-state index is 12.0. The van der Waals surface area contributed by atoms with Crippen LogP contribution in [0.1, 0.15) is 44.9 Å². The number of hydrogen-bond acceptors (Lipinski definition) is 4. The third-order valence-corrected chi connectivity index (χ3v) is 4.25. The standard InChI is InChI=1S/C13H22N2O3.ClH/c1-18-12(17)10(14)7-9-8-13(15-11(9)16)5-3-2-4-6-13;/h9-10H,2-8,14H2,1H3,(H,15,16);1H. The summed E-state index contributed by atoms with van der Waals surface area (Å²) in [6.07, 6.45) is 6.93. The second-order valence-corrected chi connectivity index (χ2v) is 5.60. The summed E-state index contributed by atoms with van der Waals surface area (Å²) >= 11 is 0. The van der Waals surface area contributed by atoms with Gasteiger partial charge in [-0.25, -0.2) is 0 Å². The second kappa shape index (κ2) is 6.57. The number of halogens is 1. The summed E-state index contributed by atoms with van der Waals surface area (Å²) in [5.74, 6) is -0.527. The summed E-state index contributed by atoms with van der Waals surface area (Å²) in [5.41, 5.74) is 5.72. The average Bonchev–Trinajstić information content (AvgIpc) is 2.65. The van der Waals surface area contributed by atoms with Gasteiger partial charge in [0.25, 0.3) is 0 Å². The van der Waals surface area contributed by atoms with Crippen molar-refractivity contribution in [3.05, 3.63) is 0 Å². The van der Waals surface area contributed by atoms with Gasteiger partial charge in [0.2, 0.25) is 5.91 Å². The summed E-state index contributed by atoms with van der Waals surface area (Å²) in [5, 5.41) is 3.14. The molecule has 3 N–H and O–H groups in total. The molecular weight excluding hydrogens is 268 g/mol. The van der Waals surface area contributed by atoms with Crippen molar-refractivity contribution < 1.29 is 14.3 Å². The zero-order valence-electron chi connectivity index (χ0n) is 11.3. The number of esters is 1. The molecular formula is C13H23ClN2O3.